The fraction of sp³-hybridized carbons (Fsp3) is 0.200. The monoisotopic (exact) mass is 337 g/mol. The molecule has 0 aliphatic heterocycles. The molecule has 3 rings (SSSR count). The molecule has 1 aromatic heterocycles. The summed E-state index contributed by atoms with van der Waals surface area (Å²) in [4.78, 5) is 16.9. The zero-order valence-electron chi connectivity index (χ0n) is 14.4. The Kier molecular flexibility index (Phi) is 4.84. The number of carbonyl (C=O) groups excluding carboxylic acids is 1. The second kappa shape index (κ2) is 7.21. The minimum atomic E-state index is -0.121. The van der Waals surface area contributed by atoms with Crippen LogP contribution < -0.4 is 14.2 Å². The highest BCUT2D eigenvalue weighted by Gasteiger charge is 2.11. The largest absolute Gasteiger partial charge is 0.497 e. The van der Waals surface area contributed by atoms with Crippen LogP contribution in [0.3, 0.4) is 0 Å². The highest BCUT2D eigenvalue weighted by atomic mass is 16.5. The minimum absolute atomic E-state index is 0.0665. The first-order valence-corrected chi connectivity index (χ1v) is 7.86. The molecule has 0 saturated carbocycles. The van der Waals surface area contributed by atoms with Crippen molar-refractivity contribution in [2.45, 2.75) is 6.92 Å². The Hall–Kier alpha value is -3.08. The van der Waals surface area contributed by atoms with E-state index in [0.29, 0.717) is 22.8 Å². The summed E-state index contributed by atoms with van der Waals surface area (Å²) in [5.74, 6) is 1.84. The van der Waals surface area contributed by atoms with Gasteiger partial charge in [-0.1, -0.05) is 12.1 Å². The smallest absolute Gasteiger partial charge is 0.200 e. The van der Waals surface area contributed by atoms with Crippen LogP contribution >= 0.6 is 0 Å². The van der Waals surface area contributed by atoms with Crippen molar-refractivity contribution in [3.63, 3.8) is 0 Å². The van der Waals surface area contributed by atoms with E-state index in [1.807, 2.05) is 31.2 Å². The van der Waals surface area contributed by atoms with E-state index in [0.717, 1.165) is 16.6 Å². The molecule has 0 saturated heterocycles. The summed E-state index contributed by atoms with van der Waals surface area (Å²) < 4.78 is 16.2. The van der Waals surface area contributed by atoms with Crippen molar-refractivity contribution in [3.05, 3.63) is 59.8 Å². The maximum Gasteiger partial charge on any atom is 0.200 e. The van der Waals surface area contributed by atoms with Crippen LogP contribution in [-0.2, 0) is 0 Å². The molecule has 5 heteroatoms. The number of hydrogen-bond donors (Lipinski definition) is 0. The number of ketones is 1. The normalized spacial score (nSPS) is 10.5. The van der Waals surface area contributed by atoms with Crippen LogP contribution in [0.25, 0.3) is 10.9 Å². The lowest BCUT2D eigenvalue weighted by molar-refractivity contribution is 0.0922. The number of fused-ring (bicyclic) bond motifs is 1. The van der Waals surface area contributed by atoms with E-state index in [1.54, 1.807) is 38.5 Å². The Morgan fingerprint density at radius 3 is 2.52 bits per heavy atom. The van der Waals surface area contributed by atoms with Gasteiger partial charge in [-0.2, -0.15) is 0 Å². The van der Waals surface area contributed by atoms with Gasteiger partial charge in [0.05, 0.1) is 19.7 Å². The van der Waals surface area contributed by atoms with E-state index >= 15 is 0 Å². The number of methoxy groups -OCH3 is 2. The minimum Gasteiger partial charge on any atom is -0.497 e. The molecule has 0 radical (unpaired) electrons. The third-order valence-corrected chi connectivity index (χ3v) is 3.86. The zero-order chi connectivity index (χ0) is 17.8. The Morgan fingerprint density at radius 2 is 1.76 bits per heavy atom. The molecule has 0 aliphatic carbocycles. The van der Waals surface area contributed by atoms with Gasteiger partial charge in [0.2, 0.25) is 0 Å². The second-order valence-corrected chi connectivity index (χ2v) is 5.59. The summed E-state index contributed by atoms with van der Waals surface area (Å²) >= 11 is 0. The maximum atomic E-state index is 12.4. The Morgan fingerprint density at radius 1 is 1.00 bits per heavy atom. The average molecular weight is 337 g/mol. The van der Waals surface area contributed by atoms with Gasteiger partial charge in [0, 0.05) is 22.7 Å². The van der Waals surface area contributed by atoms with Gasteiger partial charge in [-0.3, -0.25) is 9.78 Å². The van der Waals surface area contributed by atoms with Crippen LogP contribution in [0.4, 0.5) is 0 Å². The van der Waals surface area contributed by atoms with Gasteiger partial charge >= 0.3 is 0 Å². The van der Waals surface area contributed by atoms with Gasteiger partial charge in [-0.25, -0.2) is 0 Å². The van der Waals surface area contributed by atoms with Crippen LogP contribution in [0.1, 0.15) is 16.1 Å². The van der Waals surface area contributed by atoms with Gasteiger partial charge in [-0.05, 0) is 37.3 Å². The number of Topliss-reactive ketones (excluding diaryl/α,β-unsaturated/α-hetero) is 1. The van der Waals surface area contributed by atoms with Crippen molar-refractivity contribution < 1.29 is 19.0 Å². The molecule has 0 spiro atoms. The van der Waals surface area contributed by atoms with Crippen molar-refractivity contribution in [1.82, 2.24) is 4.98 Å². The fourth-order valence-corrected chi connectivity index (χ4v) is 2.57. The summed E-state index contributed by atoms with van der Waals surface area (Å²) in [6.07, 6.45) is 0. The topological polar surface area (TPSA) is 57.7 Å². The van der Waals surface area contributed by atoms with Gasteiger partial charge in [-0.15, -0.1) is 0 Å². The van der Waals surface area contributed by atoms with Gasteiger partial charge in [0.25, 0.3) is 0 Å². The first-order valence-electron chi connectivity index (χ1n) is 7.86. The fourth-order valence-electron chi connectivity index (χ4n) is 2.57. The molecule has 0 N–H and O–H groups in total. The van der Waals surface area contributed by atoms with Crippen LogP contribution in [0.5, 0.6) is 17.2 Å². The van der Waals surface area contributed by atoms with Crippen LogP contribution in [-0.4, -0.2) is 31.6 Å². The zero-order valence-corrected chi connectivity index (χ0v) is 14.4. The summed E-state index contributed by atoms with van der Waals surface area (Å²) in [6.45, 7) is 1.82. The lowest BCUT2D eigenvalue weighted by Gasteiger charge is -2.11. The standard InChI is InChI=1S/C20H19NO4/c1-13-9-20(17-11-16(24-3)7-8-18(17)21-13)25-12-19(22)14-5-4-6-15(10-14)23-2/h4-11H,12H2,1-3H3. The van der Waals surface area contributed by atoms with Crippen molar-refractivity contribution in [2.24, 2.45) is 0 Å². The molecule has 1 heterocycles. The van der Waals surface area contributed by atoms with Crippen LogP contribution in [0.2, 0.25) is 0 Å². The van der Waals surface area contributed by atoms with Crippen LogP contribution in [0, 0.1) is 6.92 Å². The molecule has 0 bridgehead atoms. The predicted molar refractivity (Wildman–Crippen MR) is 95.9 cm³/mol. The first-order chi connectivity index (χ1) is 12.1. The lowest BCUT2D eigenvalue weighted by atomic mass is 10.1. The van der Waals surface area contributed by atoms with Gasteiger partial charge in [0.15, 0.2) is 12.4 Å². The molecule has 0 amide bonds. The van der Waals surface area contributed by atoms with E-state index in [1.165, 1.54) is 0 Å². The number of ether oxygens (including phenoxy) is 3. The molecule has 0 fully saturated rings. The second-order valence-electron chi connectivity index (χ2n) is 5.59. The SMILES string of the molecule is COc1cccc(C(=O)COc2cc(C)nc3ccc(OC)cc23)c1. The molecular weight excluding hydrogens is 318 g/mol. The van der Waals surface area contributed by atoms with Gasteiger partial charge < -0.3 is 14.2 Å². The molecule has 2 aromatic carbocycles. The third kappa shape index (κ3) is 3.71. The molecule has 0 aliphatic rings. The quantitative estimate of drug-likeness (QED) is 0.640. The van der Waals surface area contributed by atoms with Crippen LogP contribution in [0.15, 0.2) is 48.5 Å². The molecule has 0 unspecified atom stereocenters. The van der Waals surface area contributed by atoms with E-state index in [4.69, 9.17) is 14.2 Å². The number of aromatic nitrogens is 1. The summed E-state index contributed by atoms with van der Waals surface area (Å²) in [7, 11) is 3.18. The number of carbonyl (C=O) groups is 1. The third-order valence-electron chi connectivity index (χ3n) is 3.86. The number of rotatable bonds is 6. The highest BCUT2D eigenvalue weighted by Crippen LogP contribution is 2.29. The molecule has 25 heavy (non-hydrogen) atoms. The molecule has 128 valence electrons. The Balaban J connectivity index is 1.85. The molecular formula is C20H19NO4. The Labute approximate surface area is 146 Å². The number of hydrogen-bond acceptors (Lipinski definition) is 5. The van der Waals surface area contributed by atoms with Gasteiger partial charge in [0.1, 0.15) is 17.2 Å². The van der Waals surface area contributed by atoms with E-state index in [2.05, 4.69) is 4.98 Å². The first kappa shape index (κ1) is 16.8. The van der Waals surface area contributed by atoms with Crippen molar-refractivity contribution in [2.75, 3.05) is 20.8 Å². The average Bonchev–Trinajstić information content (AvgIpc) is 2.65. The number of nitrogens with zero attached hydrogens (tertiary/aromatic N) is 1. The predicted octanol–water partition coefficient (Wildman–Crippen LogP) is 3.82. The number of aryl methyl sites for hydroxylation is 1. The number of pyridine rings is 1. The summed E-state index contributed by atoms with van der Waals surface area (Å²) in [6, 6.07) is 14.4. The van der Waals surface area contributed by atoms with Crippen molar-refractivity contribution in [1.29, 1.82) is 0 Å². The highest BCUT2D eigenvalue weighted by molar-refractivity contribution is 5.98. The van der Waals surface area contributed by atoms with E-state index < -0.39 is 0 Å². The van der Waals surface area contributed by atoms with E-state index in [-0.39, 0.29) is 12.4 Å². The van der Waals surface area contributed by atoms with Crippen molar-refractivity contribution >= 4 is 16.7 Å². The number of benzene rings is 2. The van der Waals surface area contributed by atoms with Crippen molar-refractivity contribution in [3.8, 4) is 17.2 Å². The maximum absolute atomic E-state index is 12.4. The Bertz CT molecular complexity index is 921. The lowest BCUT2D eigenvalue weighted by Crippen LogP contribution is -2.12. The molecule has 0 atom stereocenters. The molecule has 5 nitrogen and oxygen atoms in total. The van der Waals surface area contributed by atoms with E-state index in [9.17, 15) is 4.79 Å². The summed E-state index contributed by atoms with van der Waals surface area (Å²) in [5, 5.41) is 0.809. The molecule has 3 aromatic rings. The summed E-state index contributed by atoms with van der Waals surface area (Å²) in [5.41, 5.74) is 2.16.